The van der Waals surface area contributed by atoms with Crippen molar-refractivity contribution >= 4 is 71.1 Å². The van der Waals surface area contributed by atoms with Crippen LogP contribution in [0.5, 0.6) is 0 Å². The zero-order valence-corrected chi connectivity index (χ0v) is 44.9. The molecule has 386 valence electrons. The van der Waals surface area contributed by atoms with Gasteiger partial charge in [-0.2, -0.15) is 25.7 Å². The quantitative estimate of drug-likeness (QED) is 0.156. The molecule has 3 saturated carbocycles. The van der Waals surface area contributed by atoms with Gasteiger partial charge >= 0.3 is 0 Å². The highest BCUT2D eigenvalue weighted by molar-refractivity contribution is 7.20. The van der Waals surface area contributed by atoms with Gasteiger partial charge in [0.05, 0.1) is 52.6 Å². The number of benzene rings is 1. The molecule has 0 spiro atoms. The van der Waals surface area contributed by atoms with Crippen molar-refractivity contribution in [3.05, 3.63) is 120 Å². The lowest BCUT2D eigenvalue weighted by atomic mass is 9.87. The summed E-state index contributed by atoms with van der Waals surface area (Å²) in [6, 6.07) is 9.06. The van der Waals surface area contributed by atoms with E-state index in [1.54, 1.807) is 27.5 Å². The molecule has 15 rings (SSSR count). The van der Waals surface area contributed by atoms with Crippen molar-refractivity contribution in [3.8, 4) is 37.8 Å². The summed E-state index contributed by atoms with van der Waals surface area (Å²) in [5.74, 6) is 1.06. The molecule has 21 heteroatoms. The molecule has 3 fully saturated rings. The van der Waals surface area contributed by atoms with E-state index in [2.05, 4.69) is 37.5 Å². The van der Waals surface area contributed by atoms with Crippen molar-refractivity contribution in [2.75, 3.05) is 0 Å². The van der Waals surface area contributed by atoms with Gasteiger partial charge in [0.15, 0.2) is 22.9 Å². The zero-order chi connectivity index (χ0) is 51.6. The fourth-order valence-electron chi connectivity index (χ4n) is 11.3. The number of aryl methyl sites for hydroxylation is 3. The van der Waals surface area contributed by atoms with Gasteiger partial charge in [0, 0.05) is 77.9 Å². The largest absolute Gasteiger partial charge is 0.305 e. The van der Waals surface area contributed by atoms with Gasteiger partial charge in [-0.3, -0.25) is 4.68 Å². The monoisotopic (exact) mass is 1070 g/mol. The second-order valence-electron chi connectivity index (χ2n) is 20.7. The van der Waals surface area contributed by atoms with Crippen LogP contribution in [0.4, 0.5) is 8.78 Å². The minimum Gasteiger partial charge on any atom is -0.305 e. The number of rotatable bonds is 6. The Bertz CT molecular complexity index is 3870. The molecule has 0 radical (unpaired) electrons. The summed E-state index contributed by atoms with van der Waals surface area (Å²) >= 11 is 4.57. The lowest BCUT2D eigenvalue weighted by Crippen LogP contribution is -2.04. The number of pyridine rings is 2. The van der Waals surface area contributed by atoms with Gasteiger partial charge in [-0.05, 0) is 76.6 Å². The number of imidazole rings is 5. The minimum absolute atomic E-state index is 0.316. The molecule has 0 unspecified atom stereocenters. The van der Waals surface area contributed by atoms with Gasteiger partial charge in [0.1, 0.15) is 26.6 Å². The van der Waals surface area contributed by atoms with E-state index in [-0.39, 0.29) is 11.6 Å². The number of halogens is 2. The van der Waals surface area contributed by atoms with Gasteiger partial charge in [0.25, 0.3) is 0 Å². The predicted molar refractivity (Wildman–Crippen MR) is 292 cm³/mol. The Labute approximate surface area is 447 Å². The van der Waals surface area contributed by atoms with Crippen molar-refractivity contribution in [2.45, 2.75) is 128 Å². The maximum absolute atomic E-state index is 14.3. The van der Waals surface area contributed by atoms with E-state index in [4.69, 9.17) is 20.1 Å². The van der Waals surface area contributed by atoms with E-state index in [0.717, 1.165) is 74.8 Å². The standard InChI is InChI=1S/C19H18N6S.2C18H18FN5S/c1-12-9-24-10-15(7-14(8-20)17(24)21-12)18-23-25-11-16(22-19(25)26-18)13-5-3-2-4-6-13;1-23-9-13-7-12(8-14(19)16(13)21-23)17-22-24-10-15(20-18(24)25-17)11-5-3-2-4-6-11;1-11-8-23-9-13(7-14(19)16(23)20-11)17-22-24-10-15(21-18(24)25-17)12-5-3-2-4-6-12/h7,9-11,13H,2-6H2,1H3;7-11H,2-6H2,1H3;7-10,12H,2-6H2,1H3. The molecule has 11 aromatic heterocycles. The summed E-state index contributed by atoms with van der Waals surface area (Å²) in [6.07, 6.45) is 34.7. The van der Waals surface area contributed by atoms with Gasteiger partial charge in [0.2, 0.25) is 14.9 Å². The van der Waals surface area contributed by atoms with E-state index in [0.29, 0.717) is 40.1 Å². The first kappa shape index (κ1) is 48.4. The number of hydrogen-bond acceptors (Lipinski definition) is 13. The lowest BCUT2D eigenvalue weighted by Gasteiger charge is -2.19. The van der Waals surface area contributed by atoms with Crippen molar-refractivity contribution in [2.24, 2.45) is 7.05 Å². The van der Waals surface area contributed by atoms with Gasteiger partial charge in [-0.1, -0.05) is 91.8 Å². The van der Waals surface area contributed by atoms with E-state index < -0.39 is 0 Å². The second-order valence-corrected chi connectivity index (χ2v) is 23.5. The maximum atomic E-state index is 14.3. The molecule has 0 saturated heterocycles. The van der Waals surface area contributed by atoms with Crippen molar-refractivity contribution < 1.29 is 8.78 Å². The molecule has 0 bridgehead atoms. The van der Waals surface area contributed by atoms with Crippen LogP contribution in [0.25, 0.3) is 68.8 Å². The molecular formula is C55H54F2N16S3. The smallest absolute Gasteiger partial charge is 0.212 e. The van der Waals surface area contributed by atoms with Crippen molar-refractivity contribution in [1.82, 2.24) is 72.3 Å². The first-order valence-electron chi connectivity index (χ1n) is 26.3. The summed E-state index contributed by atoms with van der Waals surface area (Å²) in [5, 5.41) is 30.8. The molecule has 0 N–H and O–H groups in total. The average molecular weight is 1070 g/mol. The van der Waals surface area contributed by atoms with Crippen molar-refractivity contribution in [3.63, 3.8) is 0 Å². The molecule has 16 nitrogen and oxygen atoms in total. The average Bonchev–Trinajstić information content (AvgIpc) is 4.32. The van der Waals surface area contributed by atoms with Gasteiger partial charge in [-0.15, -0.1) is 0 Å². The van der Waals surface area contributed by atoms with E-state index in [9.17, 15) is 14.0 Å². The number of hydrogen-bond donors (Lipinski definition) is 0. The summed E-state index contributed by atoms with van der Waals surface area (Å²) < 4.78 is 39.4. The Hall–Kier alpha value is -7.28. The minimum atomic E-state index is -0.332. The van der Waals surface area contributed by atoms with E-state index >= 15 is 0 Å². The van der Waals surface area contributed by atoms with Gasteiger partial charge < -0.3 is 8.80 Å². The summed E-state index contributed by atoms with van der Waals surface area (Å²) in [4.78, 5) is 25.7. The number of aromatic nitrogens is 15. The van der Waals surface area contributed by atoms with Crippen LogP contribution in [0.1, 0.15) is 148 Å². The van der Waals surface area contributed by atoms with Crippen LogP contribution in [-0.2, 0) is 7.05 Å². The summed E-state index contributed by atoms with van der Waals surface area (Å²) in [6.45, 7) is 3.79. The van der Waals surface area contributed by atoms with E-state index in [1.165, 1.54) is 137 Å². The third-order valence-electron chi connectivity index (χ3n) is 15.1. The second kappa shape index (κ2) is 20.0. The Kier molecular flexibility index (Phi) is 12.7. The highest BCUT2D eigenvalue weighted by Gasteiger charge is 2.24. The van der Waals surface area contributed by atoms with Crippen LogP contribution in [0.3, 0.4) is 0 Å². The zero-order valence-electron chi connectivity index (χ0n) is 42.4. The molecule has 12 aromatic rings. The SMILES string of the molecule is Cc1cn2cc(-c3nn4cc(C5CCCCC5)nc4s3)cc(C#N)c2n1.Cc1cn2cc(-c3nn4cc(C5CCCCC5)nc4s3)cc(F)c2n1.Cn1cc2cc(-c3nn4cc(C5CCCCC5)nc4s3)cc(F)c2n1. The van der Waals surface area contributed by atoms with Crippen LogP contribution < -0.4 is 0 Å². The topological polar surface area (TPSA) is 167 Å². The van der Waals surface area contributed by atoms with Crippen LogP contribution in [0.15, 0.2) is 73.8 Å². The Morgan fingerprint density at radius 1 is 0.487 bits per heavy atom. The molecule has 3 aliphatic rings. The Balaban J connectivity index is 0.000000109. The highest BCUT2D eigenvalue weighted by atomic mass is 32.1. The van der Waals surface area contributed by atoms with Crippen LogP contribution >= 0.6 is 34.0 Å². The predicted octanol–water partition coefficient (Wildman–Crippen LogP) is 13.5. The third-order valence-corrected chi connectivity index (χ3v) is 18.0. The van der Waals surface area contributed by atoms with E-state index in [1.807, 2.05) is 87.3 Å². The van der Waals surface area contributed by atoms with Crippen LogP contribution in [0.2, 0.25) is 0 Å². The molecule has 0 atom stereocenters. The number of fused-ring (bicyclic) bond motifs is 6. The van der Waals surface area contributed by atoms with Gasteiger partial charge in [-0.25, -0.2) is 47.2 Å². The third kappa shape index (κ3) is 9.44. The highest BCUT2D eigenvalue weighted by Crippen LogP contribution is 2.38. The molecule has 0 aliphatic heterocycles. The fourth-order valence-corrected chi connectivity index (χ4v) is 14.0. The lowest BCUT2D eigenvalue weighted by molar-refractivity contribution is 0.438. The Morgan fingerprint density at radius 2 is 0.921 bits per heavy atom. The first-order chi connectivity index (χ1) is 37.0. The normalized spacial score (nSPS) is 16.1. The molecule has 11 heterocycles. The summed E-state index contributed by atoms with van der Waals surface area (Å²) in [7, 11) is 1.80. The molecule has 76 heavy (non-hydrogen) atoms. The first-order valence-corrected chi connectivity index (χ1v) is 28.8. The Morgan fingerprint density at radius 3 is 1.39 bits per heavy atom. The molecule has 1 aromatic carbocycles. The number of nitrogens with zero attached hydrogens (tertiary/aromatic N) is 16. The fraction of sp³-hybridized carbons (Fsp3) is 0.382. The summed E-state index contributed by atoms with van der Waals surface area (Å²) in [5.41, 5.74) is 9.59. The van der Waals surface area contributed by atoms with Crippen molar-refractivity contribution in [1.29, 1.82) is 5.26 Å². The molecular weight excluding hydrogens is 1020 g/mol. The number of nitriles is 1. The molecule has 0 amide bonds. The van der Waals surface area contributed by atoms with Crippen LogP contribution in [-0.4, -0.2) is 72.3 Å². The molecule has 3 aliphatic carbocycles. The van der Waals surface area contributed by atoms with Crippen LogP contribution in [0, 0.1) is 36.8 Å². The maximum Gasteiger partial charge on any atom is 0.212 e.